The third-order valence-corrected chi connectivity index (χ3v) is 3.23. The van der Waals surface area contributed by atoms with E-state index in [1.54, 1.807) is 12.2 Å². The van der Waals surface area contributed by atoms with Crippen LogP contribution < -0.4 is 0 Å². The number of hydrogen-bond acceptors (Lipinski definition) is 1. The Morgan fingerprint density at radius 1 is 0.955 bits per heavy atom. The van der Waals surface area contributed by atoms with E-state index in [-0.39, 0.29) is 0 Å². The van der Waals surface area contributed by atoms with Gasteiger partial charge >= 0.3 is 5.97 Å². The number of carboxylic acid groups (broad SMARTS) is 1. The quantitative estimate of drug-likeness (QED) is 0.218. The molecule has 0 radical (unpaired) electrons. The molecule has 0 heterocycles. The van der Waals surface area contributed by atoms with Crippen LogP contribution in [-0.4, -0.2) is 11.1 Å². The summed E-state index contributed by atoms with van der Waals surface area (Å²) < 4.78 is 0. The highest BCUT2D eigenvalue weighted by atomic mass is 16.4. The molecule has 0 aliphatic heterocycles. The van der Waals surface area contributed by atoms with Crippen LogP contribution >= 0.6 is 0 Å². The molecule has 0 fully saturated rings. The lowest BCUT2D eigenvalue weighted by Crippen LogP contribution is -1.84. The molecule has 0 aliphatic rings. The molecule has 0 saturated heterocycles. The number of aliphatic carboxylic acids is 1. The number of rotatable bonds is 12. The van der Waals surface area contributed by atoms with Crippen LogP contribution in [0.2, 0.25) is 0 Å². The summed E-state index contributed by atoms with van der Waals surface area (Å²) in [5.74, 6) is 4.80. The highest BCUT2D eigenvalue weighted by Gasteiger charge is 1.89. The van der Waals surface area contributed by atoms with Gasteiger partial charge in [0, 0.05) is 12.5 Å². The summed E-state index contributed by atoms with van der Waals surface area (Å²) in [5, 5.41) is 8.38. The fourth-order valence-corrected chi connectivity index (χ4v) is 2.01. The lowest BCUT2D eigenvalue weighted by atomic mass is 10.1. The van der Waals surface area contributed by atoms with E-state index in [1.807, 2.05) is 12.2 Å². The Kier molecular flexibility index (Phi) is 15.9. The van der Waals surface area contributed by atoms with Crippen LogP contribution in [0.4, 0.5) is 0 Å². The van der Waals surface area contributed by atoms with Crippen LogP contribution in [0.25, 0.3) is 0 Å². The third kappa shape index (κ3) is 18.2. The van der Waals surface area contributed by atoms with E-state index in [9.17, 15) is 4.79 Å². The number of hydrogen-bond donors (Lipinski definition) is 1. The SMILES string of the molecule is CCCCCCCCCC/C=C/C=C/C#CC/C=C/C(=O)O. The first-order valence-corrected chi connectivity index (χ1v) is 8.47. The van der Waals surface area contributed by atoms with Crippen molar-refractivity contribution >= 4 is 5.97 Å². The standard InChI is InChI=1S/C20H30O2/c1-2-3-4-5-6-7-8-9-10-11-12-13-14-15-16-17-18-19-20(21)22/h11-14,18-19H,2-10,17H2,1H3,(H,21,22)/b12-11+,14-13+,19-18+. The highest BCUT2D eigenvalue weighted by Crippen LogP contribution is 2.09. The summed E-state index contributed by atoms with van der Waals surface area (Å²) in [6, 6.07) is 0. The largest absolute Gasteiger partial charge is 0.478 e. The van der Waals surface area contributed by atoms with Crippen molar-refractivity contribution in [3.8, 4) is 11.8 Å². The van der Waals surface area contributed by atoms with Crippen molar-refractivity contribution in [2.45, 2.75) is 71.1 Å². The summed E-state index contributed by atoms with van der Waals surface area (Å²) >= 11 is 0. The highest BCUT2D eigenvalue weighted by molar-refractivity contribution is 5.79. The maximum Gasteiger partial charge on any atom is 0.328 e. The van der Waals surface area contributed by atoms with Gasteiger partial charge in [-0.05, 0) is 18.9 Å². The van der Waals surface area contributed by atoms with Crippen molar-refractivity contribution in [1.29, 1.82) is 0 Å². The van der Waals surface area contributed by atoms with Gasteiger partial charge in [-0.1, -0.05) is 88.0 Å². The second-order valence-electron chi connectivity index (χ2n) is 5.32. The molecule has 2 nitrogen and oxygen atoms in total. The first-order chi connectivity index (χ1) is 10.8. The van der Waals surface area contributed by atoms with Crippen molar-refractivity contribution in [3.63, 3.8) is 0 Å². The average molecular weight is 302 g/mol. The summed E-state index contributed by atoms with van der Waals surface area (Å²) in [6.45, 7) is 2.25. The monoisotopic (exact) mass is 302 g/mol. The molecule has 122 valence electrons. The van der Waals surface area contributed by atoms with E-state index in [0.717, 1.165) is 12.5 Å². The molecule has 0 aromatic heterocycles. The van der Waals surface area contributed by atoms with Gasteiger partial charge in [0.2, 0.25) is 0 Å². The minimum absolute atomic E-state index is 0.471. The third-order valence-electron chi connectivity index (χ3n) is 3.23. The molecule has 0 aromatic carbocycles. The Morgan fingerprint density at radius 3 is 2.32 bits per heavy atom. The minimum Gasteiger partial charge on any atom is -0.478 e. The summed E-state index contributed by atoms with van der Waals surface area (Å²) in [6.07, 6.45) is 23.0. The Labute approximate surface area is 136 Å². The first-order valence-electron chi connectivity index (χ1n) is 8.47. The summed E-state index contributed by atoms with van der Waals surface area (Å²) in [4.78, 5) is 10.2. The van der Waals surface area contributed by atoms with Gasteiger partial charge in [0.1, 0.15) is 0 Å². The van der Waals surface area contributed by atoms with E-state index in [1.165, 1.54) is 51.4 Å². The van der Waals surface area contributed by atoms with Crippen LogP contribution in [0.1, 0.15) is 71.1 Å². The van der Waals surface area contributed by atoms with Gasteiger partial charge in [-0.15, -0.1) is 0 Å². The maximum absolute atomic E-state index is 10.2. The van der Waals surface area contributed by atoms with Crippen molar-refractivity contribution in [1.82, 2.24) is 0 Å². The van der Waals surface area contributed by atoms with Gasteiger partial charge in [-0.2, -0.15) is 0 Å². The minimum atomic E-state index is -0.929. The zero-order valence-electron chi connectivity index (χ0n) is 13.9. The number of unbranched alkanes of at least 4 members (excludes halogenated alkanes) is 8. The van der Waals surface area contributed by atoms with Gasteiger partial charge in [0.25, 0.3) is 0 Å². The van der Waals surface area contributed by atoms with E-state index < -0.39 is 5.97 Å². The molecule has 0 unspecified atom stereocenters. The lowest BCUT2D eigenvalue weighted by molar-refractivity contribution is -0.131. The Bertz CT molecular complexity index is 405. The van der Waals surface area contributed by atoms with Gasteiger partial charge in [0.05, 0.1) is 0 Å². The molecule has 1 N–H and O–H groups in total. The van der Waals surface area contributed by atoms with Crippen LogP contribution in [0.15, 0.2) is 36.5 Å². The summed E-state index contributed by atoms with van der Waals surface area (Å²) in [5.41, 5.74) is 0. The fourth-order valence-electron chi connectivity index (χ4n) is 2.01. The Balaban J connectivity index is 3.41. The zero-order chi connectivity index (χ0) is 16.3. The van der Waals surface area contributed by atoms with Gasteiger partial charge in [-0.25, -0.2) is 4.79 Å². The predicted molar refractivity (Wildman–Crippen MR) is 94.7 cm³/mol. The molecule has 0 spiro atoms. The van der Waals surface area contributed by atoms with E-state index >= 15 is 0 Å². The molecule has 0 aromatic rings. The average Bonchev–Trinajstić information content (AvgIpc) is 2.50. The molecular weight excluding hydrogens is 272 g/mol. The topological polar surface area (TPSA) is 37.3 Å². The molecule has 0 saturated carbocycles. The number of allylic oxidation sites excluding steroid dienone is 5. The Morgan fingerprint density at radius 2 is 1.64 bits per heavy atom. The van der Waals surface area contributed by atoms with Gasteiger partial charge in [0.15, 0.2) is 0 Å². The fraction of sp³-hybridized carbons (Fsp3) is 0.550. The Hall–Kier alpha value is -1.75. The normalized spacial score (nSPS) is 11.3. The van der Waals surface area contributed by atoms with Crippen molar-refractivity contribution in [2.75, 3.05) is 0 Å². The van der Waals surface area contributed by atoms with E-state index in [2.05, 4.69) is 24.8 Å². The smallest absolute Gasteiger partial charge is 0.328 e. The number of carbonyl (C=O) groups is 1. The van der Waals surface area contributed by atoms with Gasteiger partial charge < -0.3 is 5.11 Å². The molecule has 0 aliphatic carbocycles. The predicted octanol–water partition coefficient (Wildman–Crippen LogP) is 5.66. The second kappa shape index (κ2) is 17.3. The van der Waals surface area contributed by atoms with Crippen LogP contribution in [0.3, 0.4) is 0 Å². The van der Waals surface area contributed by atoms with Crippen molar-refractivity contribution in [2.24, 2.45) is 0 Å². The molecule has 2 heteroatoms. The zero-order valence-corrected chi connectivity index (χ0v) is 13.9. The van der Waals surface area contributed by atoms with Crippen LogP contribution in [0, 0.1) is 11.8 Å². The maximum atomic E-state index is 10.2. The van der Waals surface area contributed by atoms with E-state index in [4.69, 9.17) is 5.11 Å². The molecule has 22 heavy (non-hydrogen) atoms. The molecule has 0 atom stereocenters. The van der Waals surface area contributed by atoms with Gasteiger partial charge in [-0.3, -0.25) is 0 Å². The molecule has 0 amide bonds. The van der Waals surface area contributed by atoms with E-state index in [0.29, 0.717) is 6.42 Å². The molecule has 0 bridgehead atoms. The van der Waals surface area contributed by atoms with Crippen LogP contribution in [-0.2, 0) is 4.79 Å². The summed E-state index contributed by atoms with van der Waals surface area (Å²) in [7, 11) is 0. The first kappa shape index (κ1) is 20.2. The lowest BCUT2D eigenvalue weighted by Gasteiger charge is -1.99. The van der Waals surface area contributed by atoms with Crippen LogP contribution in [0.5, 0.6) is 0 Å². The van der Waals surface area contributed by atoms with Crippen molar-refractivity contribution in [3.05, 3.63) is 36.5 Å². The molecular formula is C20H30O2. The van der Waals surface area contributed by atoms with Crippen molar-refractivity contribution < 1.29 is 9.90 Å². The molecule has 0 rings (SSSR count). The second-order valence-corrected chi connectivity index (χ2v) is 5.32. The number of carboxylic acids is 1.